The van der Waals surface area contributed by atoms with Crippen molar-refractivity contribution < 1.29 is 14.1 Å². The van der Waals surface area contributed by atoms with Crippen molar-refractivity contribution in [3.05, 3.63) is 63.9 Å². The third-order valence-corrected chi connectivity index (χ3v) is 2.48. The van der Waals surface area contributed by atoms with E-state index in [0.29, 0.717) is 5.69 Å². The maximum atomic E-state index is 11.9. The number of nitrogens with one attached hydrogen (secondary N) is 1. The van der Waals surface area contributed by atoms with E-state index in [9.17, 15) is 14.9 Å². The van der Waals surface area contributed by atoms with Crippen LogP contribution in [0.3, 0.4) is 0 Å². The van der Waals surface area contributed by atoms with Crippen LogP contribution in [0.15, 0.2) is 52.5 Å². The molecule has 0 saturated heterocycles. The highest BCUT2D eigenvalue weighted by atomic mass is 16.6. The third kappa shape index (κ3) is 3.54. The van der Waals surface area contributed by atoms with Gasteiger partial charge in [-0.25, -0.2) is 0 Å². The van der Waals surface area contributed by atoms with Crippen LogP contribution in [0.1, 0.15) is 5.76 Å². The number of hydrogen-bond donors (Lipinski definition) is 1. The average Bonchev–Trinajstić information content (AvgIpc) is 2.94. The molecule has 0 bridgehead atoms. The molecule has 104 valence electrons. The van der Waals surface area contributed by atoms with Crippen LogP contribution in [0.2, 0.25) is 0 Å². The number of nitrogens with zero attached hydrogens (tertiary/aromatic N) is 2. The predicted molar refractivity (Wildman–Crippen MR) is 74.0 cm³/mol. The van der Waals surface area contributed by atoms with Gasteiger partial charge in [-0.1, -0.05) is 18.2 Å². The molecule has 0 aliphatic carbocycles. The van der Waals surface area contributed by atoms with Crippen molar-refractivity contribution in [2.24, 2.45) is 0 Å². The molecule has 7 heteroatoms. The van der Waals surface area contributed by atoms with E-state index in [0.717, 1.165) is 12.1 Å². The van der Waals surface area contributed by atoms with E-state index in [1.165, 1.54) is 6.07 Å². The number of carbonyl (C=O) groups is 1. The molecule has 21 heavy (non-hydrogen) atoms. The first-order chi connectivity index (χ1) is 10.1. The quantitative estimate of drug-likeness (QED) is 0.401. The first-order valence-electron chi connectivity index (χ1n) is 5.82. The number of para-hydroxylation sites is 1. The lowest BCUT2D eigenvalue weighted by molar-refractivity contribution is -0.402. The Bertz CT molecular complexity index is 741. The van der Waals surface area contributed by atoms with Gasteiger partial charge in [-0.05, 0) is 18.2 Å². The van der Waals surface area contributed by atoms with Crippen molar-refractivity contribution >= 4 is 23.6 Å². The summed E-state index contributed by atoms with van der Waals surface area (Å²) in [5, 5.41) is 22.0. The molecule has 1 amide bonds. The Hall–Kier alpha value is -3.40. The topological polar surface area (TPSA) is 109 Å². The number of rotatable bonds is 4. The van der Waals surface area contributed by atoms with Gasteiger partial charge >= 0.3 is 5.88 Å². The normalized spacial score (nSPS) is 10.7. The summed E-state index contributed by atoms with van der Waals surface area (Å²) < 4.78 is 4.87. The number of amides is 1. The number of benzene rings is 1. The Morgan fingerprint density at radius 1 is 1.29 bits per heavy atom. The molecular weight excluding hydrogens is 274 g/mol. The zero-order chi connectivity index (χ0) is 15.2. The summed E-state index contributed by atoms with van der Waals surface area (Å²) in [5.74, 6) is -1.02. The molecule has 0 radical (unpaired) electrons. The van der Waals surface area contributed by atoms with Crippen molar-refractivity contribution in [2.45, 2.75) is 0 Å². The maximum absolute atomic E-state index is 11.9. The van der Waals surface area contributed by atoms with E-state index in [-0.39, 0.29) is 11.3 Å². The monoisotopic (exact) mass is 283 g/mol. The second kappa shape index (κ2) is 6.16. The van der Waals surface area contributed by atoms with Crippen molar-refractivity contribution in [2.75, 3.05) is 5.32 Å². The van der Waals surface area contributed by atoms with Gasteiger partial charge in [0.2, 0.25) is 0 Å². The van der Waals surface area contributed by atoms with Gasteiger partial charge in [0.1, 0.15) is 22.3 Å². The van der Waals surface area contributed by atoms with Crippen molar-refractivity contribution in [1.82, 2.24) is 0 Å². The average molecular weight is 283 g/mol. The Labute approximate surface area is 119 Å². The Kier molecular flexibility index (Phi) is 4.11. The number of nitro groups is 1. The van der Waals surface area contributed by atoms with E-state index in [4.69, 9.17) is 9.68 Å². The summed E-state index contributed by atoms with van der Waals surface area (Å²) in [6.45, 7) is 0. The number of furan rings is 1. The molecule has 1 aromatic carbocycles. The van der Waals surface area contributed by atoms with Crippen LogP contribution in [-0.2, 0) is 4.79 Å². The van der Waals surface area contributed by atoms with Crippen LogP contribution >= 0.6 is 0 Å². The van der Waals surface area contributed by atoms with Gasteiger partial charge in [-0.15, -0.1) is 0 Å². The first-order valence-corrected chi connectivity index (χ1v) is 5.82. The summed E-state index contributed by atoms with van der Waals surface area (Å²) in [5.41, 5.74) is 0.317. The van der Waals surface area contributed by atoms with Crippen molar-refractivity contribution in [1.29, 1.82) is 5.26 Å². The van der Waals surface area contributed by atoms with Crippen LogP contribution in [0.5, 0.6) is 0 Å². The van der Waals surface area contributed by atoms with Gasteiger partial charge in [0.15, 0.2) is 0 Å². The van der Waals surface area contributed by atoms with Gasteiger partial charge < -0.3 is 9.73 Å². The standard InChI is InChI=1S/C14H9N3O4/c15-9-10(8-12-6-7-13(21-12)17(19)20)14(18)16-11-4-2-1-3-5-11/h1-8H,(H,16,18)/b10-8-. The predicted octanol–water partition coefficient (Wildman–Crippen LogP) is 2.73. The molecule has 0 aliphatic heterocycles. The largest absolute Gasteiger partial charge is 0.433 e. The highest BCUT2D eigenvalue weighted by Crippen LogP contribution is 2.18. The molecule has 0 unspecified atom stereocenters. The van der Waals surface area contributed by atoms with Crippen molar-refractivity contribution in [3.8, 4) is 6.07 Å². The molecule has 1 N–H and O–H groups in total. The molecular formula is C14H9N3O4. The highest BCUT2D eigenvalue weighted by molar-refractivity contribution is 6.09. The van der Waals surface area contributed by atoms with E-state index in [1.807, 2.05) is 0 Å². The van der Waals surface area contributed by atoms with Crippen molar-refractivity contribution in [3.63, 3.8) is 0 Å². The minimum absolute atomic E-state index is 0.0569. The number of anilines is 1. The molecule has 1 aromatic heterocycles. The molecule has 0 aliphatic rings. The fourth-order valence-electron chi connectivity index (χ4n) is 1.53. The molecule has 7 nitrogen and oxygen atoms in total. The van der Waals surface area contributed by atoms with Crippen LogP contribution in [-0.4, -0.2) is 10.8 Å². The Morgan fingerprint density at radius 2 is 2.00 bits per heavy atom. The summed E-state index contributed by atoms with van der Waals surface area (Å²) in [6, 6.07) is 12.8. The fraction of sp³-hybridized carbons (Fsp3) is 0. The number of nitriles is 1. The molecule has 0 atom stereocenters. The Morgan fingerprint density at radius 3 is 2.57 bits per heavy atom. The molecule has 2 aromatic rings. The van der Waals surface area contributed by atoms with E-state index < -0.39 is 16.7 Å². The smallest absolute Gasteiger partial charge is 0.401 e. The van der Waals surface area contributed by atoms with Crippen LogP contribution < -0.4 is 5.32 Å². The molecule has 0 fully saturated rings. The van der Waals surface area contributed by atoms with Gasteiger partial charge in [0, 0.05) is 11.8 Å². The first kappa shape index (κ1) is 14.0. The van der Waals surface area contributed by atoms with E-state index in [2.05, 4.69) is 5.32 Å². The summed E-state index contributed by atoms with van der Waals surface area (Å²) in [7, 11) is 0. The van der Waals surface area contributed by atoms with Crippen LogP contribution in [0.25, 0.3) is 6.08 Å². The maximum Gasteiger partial charge on any atom is 0.433 e. The lowest BCUT2D eigenvalue weighted by Crippen LogP contribution is -2.13. The van der Waals surface area contributed by atoms with Crippen LogP contribution in [0.4, 0.5) is 11.6 Å². The zero-order valence-electron chi connectivity index (χ0n) is 10.6. The SMILES string of the molecule is N#C/C(=C/c1ccc([N+](=O)[O-])o1)C(=O)Nc1ccccc1. The third-order valence-electron chi connectivity index (χ3n) is 2.48. The molecule has 0 saturated carbocycles. The lowest BCUT2D eigenvalue weighted by Gasteiger charge is -2.02. The highest BCUT2D eigenvalue weighted by Gasteiger charge is 2.14. The van der Waals surface area contributed by atoms with Gasteiger partial charge in [0.05, 0.1) is 6.07 Å². The minimum atomic E-state index is -0.701. The zero-order valence-corrected chi connectivity index (χ0v) is 10.6. The number of hydrogen-bond acceptors (Lipinski definition) is 5. The van der Waals surface area contributed by atoms with E-state index >= 15 is 0 Å². The van der Waals surface area contributed by atoms with E-state index in [1.54, 1.807) is 36.4 Å². The summed E-state index contributed by atoms with van der Waals surface area (Å²) in [6.07, 6.45) is 1.14. The molecule has 1 heterocycles. The van der Waals surface area contributed by atoms with Crippen LogP contribution in [0, 0.1) is 21.4 Å². The summed E-state index contributed by atoms with van der Waals surface area (Å²) in [4.78, 5) is 21.7. The lowest BCUT2D eigenvalue weighted by atomic mass is 10.2. The Balaban J connectivity index is 2.18. The number of carbonyl (C=O) groups excluding carboxylic acids is 1. The molecule has 2 rings (SSSR count). The minimum Gasteiger partial charge on any atom is -0.401 e. The van der Waals surface area contributed by atoms with Gasteiger partial charge in [-0.3, -0.25) is 14.9 Å². The van der Waals surface area contributed by atoms with Gasteiger partial charge in [-0.2, -0.15) is 5.26 Å². The second-order valence-corrected chi connectivity index (χ2v) is 3.92. The summed E-state index contributed by atoms with van der Waals surface area (Å²) >= 11 is 0. The van der Waals surface area contributed by atoms with Gasteiger partial charge in [0.25, 0.3) is 5.91 Å². The molecule has 0 spiro atoms. The second-order valence-electron chi connectivity index (χ2n) is 3.92. The fourth-order valence-corrected chi connectivity index (χ4v) is 1.53.